The topological polar surface area (TPSA) is 63.4 Å². The summed E-state index contributed by atoms with van der Waals surface area (Å²) in [4.78, 5) is 27.8. The molecule has 1 amide bonds. The quantitative estimate of drug-likeness (QED) is 0.908. The molecule has 2 N–H and O–H groups in total. The van der Waals surface area contributed by atoms with E-state index >= 15 is 0 Å². The number of carbonyl (C=O) groups excluding carboxylic acids is 2. The number of carbonyl (C=O) groups is 2. The Hall–Kier alpha value is -1.68. The first-order valence-electron chi connectivity index (χ1n) is 10.3. The maximum absolute atomic E-state index is 13.5. The molecule has 4 aliphatic rings. The number of primary amides is 1. The number of fused-ring (bicyclic) bond motifs is 1. The molecule has 0 unspecified atom stereocenters. The number of nitrogens with two attached hydrogens (primary N) is 1. The van der Waals surface area contributed by atoms with Gasteiger partial charge in [-0.3, -0.25) is 14.5 Å². The molecular weight excluding hydrogens is 324 g/mol. The number of likely N-dealkylation sites (tertiary alicyclic amines) is 1. The second-order valence-corrected chi connectivity index (χ2v) is 8.98. The molecule has 1 heterocycles. The number of nitrogens with zero attached hydrogens (tertiary/aromatic N) is 1. The maximum Gasteiger partial charge on any atom is 0.248 e. The van der Waals surface area contributed by atoms with Gasteiger partial charge in [-0.15, -0.1) is 0 Å². The number of hydrogen-bond donors (Lipinski definition) is 1. The lowest BCUT2D eigenvalue weighted by atomic mass is 9.52. The molecule has 4 heteroatoms. The summed E-state index contributed by atoms with van der Waals surface area (Å²) in [5.74, 6) is 1.09. The summed E-state index contributed by atoms with van der Waals surface area (Å²) in [6.45, 7) is 2.11. The first-order chi connectivity index (χ1) is 12.6. The summed E-state index contributed by atoms with van der Waals surface area (Å²) in [6, 6.07) is 5.62. The summed E-state index contributed by atoms with van der Waals surface area (Å²) in [7, 11) is 0. The van der Waals surface area contributed by atoms with E-state index < -0.39 is 5.91 Å². The number of amides is 1. The second-order valence-electron chi connectivity index (χ2n) is 8.98. The number of hydrogen-bond acceptors (Lipinski definition) is 3. The first-order valence-corrected chi connectivity index (χ1v) is 10.3. The van der Waals surface area contributed by atoms with Gasteiger partial charge in [0, 0.05) is 23.1 Å². The normalized spacial score (nSPS) is 33.9. The van der Waals surface area contributed by atoms with Gasteiger partial charge < -0.3 is 5.73 Å². The van der Waals surface area contributed by atoms with Crippen LogP contribution in [0.3, 0.4) is 0 Å². The third-order valence-corrected chi connectivity index (χ3v) is 7.81. The summed E-state index contributed by atoms with van der Waals surface area (Å²) >= 11 is 0. The lowest BCUT2D eigenvalue weighted by Crippen LogP contribution is -2.64. The fourth-order valence-corrected chi connectivity index (χ4v) is 6.29. The van der Waals surface area contributed by atoms with Gasteiger partial charge in [0.05, 0.1) is 6.04 Å². The van der Waals surface area contributed by atoms with Gasteiger partial charge in [-0.25, -0.2) is 0 Å². The van der Waals surface area contributed by atoms with Crippen LogP contribution in [0, 0.1) is 11.8 Å². The van der Waals surface area contributed by atoms with Crippen LogP contribution >= 0.6 is 0 Å². The number of piperidine rings is 1. The van der Waals surface area contributed by atoms with Crippen molar-refractivity contribution >= 4 is 11.7 Å². The van der Waals surface area contributed by atoms with E-state index in [0.717, 1.165) is 49.4 Å². The van der Waals surface area contributed by atoms with Gasteiger partial charge in [0.15, 0.2) is 5.78 Å². The van der Waals surface area contributed by atoms with Gasteiger partial charge in [0.1, 0.15) is 0 Å². The summed E-state index contributed by atoms with van der Waals surface area (Å²) < 4.78 is 0. The molecule has 3 aliphatic carbocycles. The van der Waals surface area contributed by atoms with Gasteiger partial charge >= 0.3 is 0 Å². The molecule has 4 nitrogen and oxygen atoms in total. The fourth-order valence-electron chi connectivity index (χ4n) is 6.29. The van der Waals surface area contributed by atoms with E-state index in [1.54, 1.807) is 6.07 Å². The molecule has 5 rings (SSSR count). The van der Waals surface area contributed by atoms with Gasteiger partial charge in [-0.2, -0.15) is 0 Å². The molecule has 2 saturated carbocycles. The standard InChI is InChI=1S/C22H28N2O2/c23-21(26)15-7-8-16-18(12-15)22-9-2-1-6-17(22)19(20(16)25)24(11-10-22)13-14-4-3-5-14/h7-8,12,14,17,19H,1-6,9-11,13H2,(H2,23,26)/t17-,19-,22+/m0/s1. The first kappa shape index (κ1) is 16.5. The van der Waals surface area contributed by atoms with E-state index in [9.17, 15) is 9.59 Å². The Morgan fingerprint density at radius 1 is 1.15 bits per heavy atom. The van der Waals surface area contributed by atoms with E-state index in [1.165, 1.54) is 32.1 Å². The molecule has 1 saturated heterocycles. The van der Waals surface area contributed by atoms with E-state index in [1.807, 2.05) is 12.1 Å². The minimum absolute atomic E-state index is 0.0524. The van der Waals surface area contributed by atoms with E-state index in [2.05, 4.69) is 4.90 Å². The molecule has 3 atom stereocenters. The highest BCUT2D eigenvalue weighted by Crippen LogP contribution is 2.56. The molecular formula is C22H28N2O2. The van der Waals surface area contributed by atoms with Crippen LogP contribution in [0.5, 0.6) is 0 Å². The van der Waals surface area contributed by atoms with Crippen molar-refractivity contribution in [3.63, 3.8) is 0 Å². The molecule has 3 fully saturated rings. The van der Waals surface area contributed by atoms with Gasteiger partial charge in [-0.1, -0.05) is 25.3 Å². The SMILES string of the molecule is NC(=O)c1ccc2c(c1)[C@@]13CCCC[C@H]1[C@@H](C2=O)N(CC1CCC1)CC3. The maximum atomic E-state index is 13.5. The zero-order valence-corrected chi connectivity index (χ0v) is 15.4. The van der Waals surface area contributed by atoms with Gasteiger partial charge in [-0.05, 0) is 68.2 Å². The molecule has 138 valence electrons. The van der Waals surface area contributed by atoms with Crippen molar-refractivity contribution in [2.24, 2.45) is 17.6 Å². The molecule has 26 heavy (non-hydrogen) atoms. The number of benzene rings is 1. The third kappa shape index (κ3) is 2.24. The lowest BCUT2D eigenvalue weighted by molar-refractivity contribution is -0.0135. The minimum Gasteiger partial charge on any atom is -0.366 e. The molecule has 1 aliphatic heterocycles. The fraction of sp³-hybridized carbons (Fsp3) is 0.636. The Morgan fingerprint density at radius 3 is 2.73 bits per heavy atom. The highest BCUT2D eigenvalue weighted by molar-refractivity contribution is 6.05. The molecule has 0 spiro atoms. The lowest BCUT2D eigenvalue weighted by Gasteiger charge is -2.58. The largest absolute Gasteiger partial charge is 0.366 e. The summed E-state index contributed by atoms with van der Waals surface area (Å²) in [6.07, 6.45) is 9.84. The van der Waals surface area contributed by atoms with Crippen molar-refractivity contribution in [1.29, 1.82) is 0 Å². The Morgan fingerprint density at radius 2 is 2.00 bits per heavy atom. The zero-order chi connectivity index (χ0) is 17.9. The van der Waals surface area contributed by atoms with Gasteiger partial charge in [0.2, 0.25) is 5.91 Å². The molecule has 0 aromatic heterocycles. The van der Waals surface area contributed by atoms with Gasteiger partial charge in [0.25, 0.3) is 0 Å². The minimum atomic E-state index is -0.395. The average molecular weight is 352 g/mol. The smallest absolute Gasteiger partial charge is 0.248 e. The van der Waals surface area contributed by atoms with Crippen LogP contribution in [0.1, 0.15) is 77.6 Å². The molecule has 1 aromatic rings. The predicted octanol–water partition coefficient (Wildman–Crippen LogP) is 3.28. The van der Waals surface area contributed by atoms with Crippen LogP contribution in [-0.4, -0.2) is 35.7 Å². The van der Waals surface area contributed by atoms with Crippen LogP contribution in [0.15, 0.2) is 18.2 Å². The number of rotatable bonds is 3. The average Bonchev–Trinajstić information content (AvgIpc) is 2.62. The van der Waals surface area contributed by atoms with Crippen molar-refractivity contribution in [3.8, 4) is 0 Å². The van der Waals surface area contributed by atoms with Crippen LogP contribution < -0.4 is 5.73 Å². The highest BCUT2D eigenvalue weighted by Gasteiger charge is 2.57. The Bertz CT molecular complexity index is 769. The Labute approximate surface area is 155 Å². The van der Waals surface area contributed by atoms with Crippen LogP contribution in [-0.2, 0) is 5.41 Å². The zero-order valence-electron chi connectivity index (χ0n) is 15.4. The second kappa shape index (κ2) is 5.91. The van der Waals surface area contributed by atoms with Crippen molar-refractivity contribution in [1.82, 2.24) is 4.90 Å². The molecule has 2 bridgehead atoms. The van der Waals surface area contributed by atoms with Crippen LogP contribution in [0.4, 0.5) is 0 Å². The van der Waals surface area contributed by atoms with Crippen molar-refractivity contribution < 1.29 is 9.59 Å². The highest BCUT2D eigenvalue weighted by atomic mass is 16.1. The van der Waals surface area contributed by atoms with Crippen molar-refractivity contribution in [2.45, 2.75) is 62.8 Å². The summed E-state index contributed by atoms with van der Waals surface area (Å²) in [5.41, 5.74) is 8.15. The van der Waals surface area contributed by atoms with Crippen LogP contribution in [0.25, 0.3) is 0 Å². The summed E-state index contributed by atoms with van der Waals surface area (Å²) in [5, 5.41) is 0. The van der Waals surface area contributed by atoms with Crippen LogP contribution in [0.2, 0.25) is 0 Å². The van der Waals surface area contributed by atoms with Crippen molar-refractivity contribution in [3.05, 3.63) is 34.9 Å². The Balaban J connectivity index is 1.60. The number of Topliss-reactive ketones (excluding diaryl/α,β-unsaturated/α-hetero) is 1. The van der Waals surface area contributed by atoms with E-state index in [0.29, 0.717) is 11.5 Å². The third-order valence-electron chi connectivity index (χ3n) is 7.81. The molecule has 1 aromatic carbocycles. The predicted molar refractivity (Wildman–Crippen MR) is 100 cm³/mol. The van der Waals surface area contributed by atoms with E-state index in [-0.39, 0.29) is 17.2 Å². The Kier molecular flexibility index (Phi) is 3.75. The van der Waals surface area contributed by atoms with E-state index in [4.69, 9.17) is 5.73 Å². The number of ketones is 1. The van der Waals surface area contributed by atoms with Crippen molar-refractivity contribution in [2.75, 3.05) is 13.1 Å². The monoisotopic (exact) mass is 352 g/mol. The molecule has 0 radical (unpaired) electrons.